The normalized spacial score (nSPS) is 25.9. The van der Waals surface area contributed by atoms with Gasteiger partial charge in [0.1, 0.15) is 5.60 Å². The van der Waals surface area contributed by atoms with Crippen molar-refractivity contribution in [2.24, 2.45) is 5.92 Å². The zero-order valence-electron chi connectivity index (χ0n) is 12.2. The number of benzene rings is 1. The van der Waals surface area contributed by atoms with Gasteiger partial charge in [0, 0.05) is 0 Å². The summed E-state index contributed by atoms with van der Waals surface area (Å²) >= 11 is 12.0. The van der Waals surface area contributed by atoms with Gasteiger partial charge in [-0.15, -0.1) is 0 Å². The number of hydrogen-bond acceptors (Lipinski definition) is 3. The van der Waals surface area contributed by atoms with E-state index in [1.165, 1.54) is 7.11 Å². The molecule has 1 aliphatic carbocycles. The summed E-state index contributed by atoms with van der Waals surface area (Å²) in [6.45, 7) is 3.89. The molecule has 3 nitrogen and oxygen atoms in total. The van der Waals surface area contributed by atoms with E-state index in [0.717, 1.165) is 12.0 Å². The Morgan fingerprint density at radius 2 is 2.05 bits per heavy atom. The number of hydrogen-bond donors (Lipinski definition) is 1. The monoisotopic (exact) mass is 328 g/mol. The zero-order chi connectivity index (χ0) is 15.8. The Morgan fingerprint density at radius 3 is 2.62 bits per heavy atom. The quantitative estimate of drug-likeness (QED) is 0.831. The van der Waals surface area contributed by atoms with Gasteiger partial charge in [0.2, 0.25) is 0 Å². The highest BCUT2D eigenvalue weighted by molar-refractivity contribution is 6.42. The van der Waals surface area contributed by atoms with Crippen LogP contribution < -0.4 is 0 Å². The van der Waals surface area contributed by atoms with Gasteiger partial charge < -0.3 is 9.84 Å². The fourth-order valence-electron chi connectivity index (χ4n) is 3.12. The van der Waals surface area contributed by atoms with Gasteiger partial charge in [-0.1, -0.05) is 41.8 Å². The van der Waals surface area contributed by atoms with Crippen molar-refractivity contribution in [2.75, 3.05) is 7.11 Å². The summed E-state index contributed by atoms with van der Waals surface area (Å²) in [5.41, 5.74) is 0.308. The number of esters is 1. The number of rotatable bonds is 2. The molecular weight excluding hydrogens is 311 g/mol. The first kappa shape index (κ1) is 16.3. The third-order valence-electron chi connectivity index (χ3n) is 3.93. The number of allylic oxidation sites excluding steroid dienone is 1. The van der Waals surface area contributed by atoms with Crippen molar-refractivity contribution < 1.29 is 14.6 Å². The summed E-state index contributed by atoms with van der Waals surface area (Å²) in [4.78, 5) is 12.1. The molecule has 0 radical (unpaired) electrons. The molecule has 0 spiro atoms. The molecule has 0 amide bonds. The molecule has 0 bridgehead atoms. The highest BCUT2D eigenvalue weighted by atomic mass is 35.5. The van der Waals surface area contributed by atoms with E-state index in [4.69, 9.17) is 27.9 Å². The Labute approximate surface area is 134 Å². The van der Waals surface area contributed by atoms with E-state index in [1.54, 1.807) is 18.2 Å². The maximum Gasteiger partial charge on any atom is 0.336 e. The molecule has 2 atom stereocenters. The average molecular weight is 329 g/mol. The van der Waals surface area contributed by atoms with Crippen LogP contribution in [-0.2, 0) is 15.1 Å². The predicted octanol–water partition coefficient (Wildman–Crippen LogP) is 4.10. The number of carbonyl (C=O) groups excluding carboxylic acids is 1. The molecule has 0 saturated heterocycles. The second-order valence-electron chi connectivity index (χ2n) is 5.65. The third-order valence-corrected chi connectivity index (χ3v) is 4.66. The minimum absolute atomic E-state index is 0.248. The third kappa shape index (κ3) is 2.96. The Bertz CT molecular complexity index is 610. The lowest BCUT2D eigenvalue weighted by Gasteiger charge is -2.38. The van der Waals surface area contributed by atoms with Gasteiger partial charge in [0.15, 0.2) is 0 Å². The number of carbonyl (C=O) groups is 1. The molecule has 1 aromatic carbocycles. The standard InChI is InChI=1S/C16H18Cl2O3/c1-9-6-10(2)14(15(19)21-3)16(20,8-9)11-4-5-12(17)13(18)7-11/h4-5,7,9,20H,6,8H2,1-3H3. The van der Waals surface area contributed by atoms with Crippen LogP contribution in [0.25, 0.3) is 0 Å². The van der Waals surface area contributed by atoms with Gasteiger partial charge in [-0.05, 0) is 43.4 Å². The molecule has 5 heteroatoms. The molecule has 1 aromatic rings. The maximum atomic E-state index is 12.1. The molecule has 0 aromatic heterocycles. The van der Waals surface area contributed by atoms with E-state index in [1.807, 2.05) is 13.8 Å². The highest BCUT2D eigenvalue weighted by Gasteiger charge is 2.44. The van der Waals surface area contributed by atoms with Crippen LogP contribution in [0.4, 0.5) is 0 Å². The van der Waals surface area contributed by atoms with Crippen molar-refractivity contribution in [3.05, 3.63) is 45.0 Å². The molecule has 0 fully saturated rings. The lowest BCUT2D eigenvalue weighted by molar-refractivity contribution is -0.139. The highest BCUT2D eigenvalue weighted by Crippen LogP contribution is 2.45. The van der Waals surface area contributed by atoms with Crippen LogP contribution in [0.2, 0.25) is 10.0 Å². The van der Waals surface area contributed by atoms with Crippen LogP contribution in [0.1, 0.15) is 32.3 Å². The van der Waals surface area contributed by atoms with Crippen LogP contribution >= 0.6 is 23.2 Å². The summed E-state index contributed by atoms with van der Waals surface area (Å²) in [7, 11) is 1.32. The van der Waals surface area contributed by atoms with E-state index in [9.17, 15) is 9.90 Å². The summed E-state index contributed by atoms with van der Waals surface area (Å²) in [6.07, 6.45) is 1.20. The molecule has 0 aliphatic heterocycles. The first-order chi connectivity index (χ1) is 9.79. The van der Waals surface area contributed by atoms with Gasteiger partial charge in [-0.2, -0.15) is 0 Å². The summed E-state index contributed by atoms with van der Waals surface area (Å²) in [5, 5.41) is 12.0. The first-order valence-electron chi connectivity index (χ1n) is 6.76. The molecule has 0 saturated carbocycles. The number of aliphatic hydroxyl groups is 1. The molecule has 1 N–H and O–H groups in total. The van der Waals surface area contributed by atoms with Crippen molar-refractivity contribution in [1.29, 1.82) is 0 Å². The van der Waals surface area contributed by atoms with E-state index in [2.05, 4.69) is 0 Å². The van der Waals surface area contributed by atoms with Crippen molar-refractivity contribution in [2.45, 2.75) is 32.3 Å². The molecule has 2 rings (SSSR count). The van der Waals surface area contributed by atoms with Crippen LogP contribution in [0, 0.1) is 5.92 Å². The predicted molar refractivity (Wildman–Crippen MR) is 83.5 cm³/mol. The summed E-state index contributed by atoms with van der Waals surface area (Å²) in [5.74, 6) is -0.258. The summed E-state index contributed by atoms with van der Waals surface area (Å²) < 4.78 is 4.85. The molecular formula is C16H18Cl2O3. The number of ether oxygens (including phenoxy) is 1. The van der Waals surface area contributed by atoms with Crippen LogP contribution in [0.15, 0.2) is 29.3 Å². The molecule has 0 heterocycles. The van der Waals surface area contributed by atoms with Crippen molar-refractivity contribution in [3.8, 4) is 0 Å². The number of halogens is 2. The van der Waals surface area contributed by atoms with E-state index >= 15 is 0 Å². The second kappa shape index (κ2) is 5.99. The van der Waals surface area contributed by atoms with Gasteiger partial charge in [-0.25, -0.2) is 4.79 Å². The fourth-order valence-corrected chi connectivity index (χ4v) is 3.42. The topological polar surface area (TPSA) is 46.5 Å². The van der Waals surface area contributed by atoms with E-state index in [0.29, 0.717) is 27.6 Å². The van der Waals surface area contributed by atoms with Crippen LogP contribution in [0.5, 0.6) is 0 Å². The van der Waals surface area contributed by atoms with Crippen molar-refractivity contribution in [3.63, 3.8) is 0 Å². The Kier molecular flexibility index (Phi) is 4.66. The molecule has 2 unspecified atom stereocenters. The van der Waals surface area contributed by atoms with Gasteiger partial charge >= 0.3 is 5.97 Å². The Balaban J connectivity index is 2.62. The smallest absolute Gasteiger partial charge is 0.336 e. The van der Waals surface area contributed by atoms with Gasteiger partial charge in [0.25, 0.3) is 0 Å². The lowest BCUT2D eigenvalue weighted by atomic mass is 9.71. The minimum Gasteiger partial charge on any atom is -0.466 e. The van der Waals surface area contributed by atoms with Crippen LogP contribution in [0.3, 0.4) is 0 Å². The minimum atomic E-state index is -1.40. The van der Waals surface area contributed by atoms with Gasteiger partial charge in [0.05, 0.1) is 22.7 Å². The van der Waals surface area contributed by atoms with Crippen molar-refractivity contribution in [1.82, 2.24) is 0 Å². The first-order valence-corrected chi connectivity index (χ1v) is 7.51. The van der Waals surface area contributed by atoms with E-state index in [-0.39, 0.29) is 5.92 Å². The lowest BCUT2D eigenvalue weighted by Crippen LogP contribution is -2.38. The van der Waals surface area contributed by atoms with Crippen molar-refractivity contribution >= 4 is 29.2 Å². The zero-order valence-corrected chi connectivity index (χ0v) is 13.8. The molecule has 21 heavy (non-hydrogen) atoms. The average Bonchev–Trinajstić information content (AvgIpc) is 2.40. The molecule has 1 aliphatic rings. The SMILES string of the molecule is COC(=O)C1=C(C)CC(C)CC1(O)c1ccc(Cl)c(Cl)c1. The van der Waals surface area contributed by atoms with E-state index < -0.39 is 11.6 Å². The van der Waals surface area contributed by atoms with Crippen LogP contribution in [-0.4, -0.2) is 18.2 Å². The number of methoxy groups -OCH3 is 1. The molecule has 114 valence electrons. The second-order valence-corrected chi connectivity index (χ2v) is 6.46. The Hall–Kier alpha value is -1.03. The largest absolute Gasteiger partial charge is 0.466 e. The summed E-state index contributed by atoms with van der Waals surface area (Å²) in [6, 6.07) is 4.93. The van der Waals surface area contributed by atoms with Gasteiger partial charge in [-0.3, -0.25) is 0 Å². The Morgan fingerprint density at radius 1 is 1.38 bits per heavy atom. The fraction of sp³-hybridized carbons (Fsp3) is 0.438. The maximum absolute atomic E-state index is 12.1.